The van der Waals surface area contributed by atoms with Crippen molar-refractivity contribution in [1.29, 1.82) is 0 Å². The van der Waals surface area contributed by atoms with Crippen molar-refractivity contribution in [2.24, 2.45) is 0 Å². The molecule has 0 amide bonds. The maximum absolute atomic E-state index is 3.57. The van der Waals surface area contributed by atoms with Crippen molar-refractivity contribution in [2.45, 2.75) is 46.1 Å². The zero-order chi connectivity index (χ0) is 13.1. The van der Waals surface area contributed by atoms with E-state index in [1.165, 1.54) is 29.8 Å². The Hall–Kier alpha value is -1.02. The van der Waals surface area contributed by atoms with Crippen LogP contribution in [0.25, 0.3) is 0 Å². The molecule has 0 aliphatic carbocycles. The molecule has 1 aromatic rings. The first-order valence-corrected chi connectivity index (χ1v) is 7.21. The second-order valence-corrected chi connectivity index (χ2v) is 5.66. The zero-order valence-corrected chi connectivity index (χ0v) is 12.2. The second-order valence-electron chi connectivity index (χ2n) is 5.66. The Morgan fingerprint density at radius 1 is 1.39 bits per heavy atom. The lowest BCUT2D eigenvalue weighted by Gasteiger charge is -2.26. The van der Waals surface area contributed by atoms with Gasteiger partial charge in [-0.05, 0) is 36.9 Å². The van der Waals surface area contributed by atoms with Crippen LogP contribution in [0.3, 0.4) is 0 Å². The molecule has 0 aromatic heterocycles. The topological polar surface area (TPSA) is 15.3 Å². The smallest absolute Gasteiger partial charge is 0.0431 e. The quantitative estimate of drug-likeness (QED) is 0.877. The Bertz CT molecular complexity index is 398. The third-order valence-electron chi connectivity index (χ3n) is 3.89. The fourth-order valence-corrected chi connectivity index (χ4v) is 3.00. The second kappa shape index (κ2) is 5.75. The number of hydrogen-bond donors (Lipinski definition) is 1. The van der Waals surface area contributed by atoms with Crippen molar-refractivity contribution < 1.29 is 0 Å². The number of likely N-dealkylation sites (N-methyl/N-ethyl adjacent to an activating group) is 1. The molecule has 1 fully saturated rings. The van der Waals surface area contributed by atoms with E-state index in [4.69, 9.17) is 0 Å². The Balaban J connectivity index is 2.23. The number of nitrogens with zero attached hydrogens (tertiary/aromatic N) is 1. The summed E-state index contributed by atoms with van der Waals surface area (Å²) in [5.74, 6) is 0.595. The Kier molecular flexibility index (Phi) is 4.28. The molecule has 0 radical (unpaired) electrons. The van der Waals surface area contributed by atoms with Gasteiger partial charge in [-0.1, -0.05) is 39.0 Å². The van der Waals surface area contributed by atoms with Gasteiger partial charge in [-0.2, -0.15) is 0 Å². The molecule has 100 valence electrons. The molecule has 18 heavy (non-hydrogen) atoms. The van der Waals surface area contributed by atoms with E-state index in [0.29, 0.717) is 12.0 Å². The Morgan fingerprint density at radius 3 is 2.83 bits per heavy atom. The van der Waals surface area contributed by atoms with Gasteiger partial charge >= 0.3 is 0 Å². The fourth-order valence-electron chi connectivity index (χ4n) is 3.00. The zero-order valence-electron chi connectivity index (χ0n) is 12.2. The van der Waals surface area contributed by atoms with E-state index >= 15 is 0 Å². The fraction of sp³-hybridized carbons (Fsp3) is 0.625. The first-order valence-electron chi connectivity index (χ1n) is 7.21. The van der Waals surface area contributed by atoms with Gasteiger partial charge in [-0.25, -0.2) is 0 Å². The molecule has 2 nitrogen and oxygen atoms in total. The van der Waals surface area contributed by atoms with Gasteiger partial charge in [0.15, 0.2) is 0 Å². The number of nitrogens with one attached hydrogen (secondary N) is 1. The molecule has 1 atom stereocenters. The molecule has 2 rings (SSSR count). The van der Waals surface area contributed by atoms with E-state index in [0.717, 1.165) is 13.1 Å². The largest absolute Gasteiger partial charge is 0.369 e. The SMILES string of the molecule is CCNC1CCN(c2c(C)cccc2C(C)C)C1. The van der Waals surface area contributed by atoms with E-state index in [1.807, 2.05) is 0 Å². The van der Waals surface area contributed by atoms with Crippen LogP contribution in [0.15, 0.2) is 18.2 Å². The van der Waals surface area contributed by atoms with Crippen LogP contribution in [-0.4, -0.2) is 25.7 Å². The summed E-state index contributed by atoms with van der Waals surface area (Å²) < 4.78 is 0. The van der Waals surface area contributed by atoms with Gasteiger partial charge in [0.1, 0.15) is 0 Å². The summed E-state index contributed by atoms with van der Waals surface area (Å²) in [5, 5.41) is 3.57. The molecule has 0 spiro atoms. The monoisotopic (exact) mass is 246 g/mol. The molecule has 1 saturated heterocycles. The summed E-state index contributed by atoms with van der Waals surface area (Å²) in [4.78, 5) is 2.57. The number of benzene rings is 1. The lowest BCUT2D eigenvalue weighted by Crippen LogP contribution is -2.32. The maximum atomic E-state index is 3.57. The van der Waals surface area contributed by atoms with Crippen LogP contribution < -0.4 is 10.2 Å². The van der Waals surface area contributed by atoms with Crippen LogP contribution >= 0.6 is 0 Å². The van der Waals surface area contributed by atoms with Gasteiger partial charge in [-0.3, -0.25) is 0 Å². The van der Waals surface area contributed by atoms with Crippen molar-refractivity contribution in [3.63, 3.8) is 0 Å². The van der Waals surface area contributed by atoms with Crippen LogP contribution in [-0.2, 0) is 0 Å². The van der Waals surface area contributed by atoms with Gasteiger partial charge in [-0.15, -0.1) is 0 Å². The molecule has 0 saturated carbocycles. The molecule has 1 aromatic carbocycles. The number of para-hydroxylation sites is 1. The van der Waals surface area contributed by atoms with Gasteiger partial charge in [0.05, 0.1) is 0 Å². The minimum atomic E-state index is 0.595. The summed E-state index contributed by atoms with van der Waals surface area (Å²) in [6.07, 6.45) is 1.26. The number of hydrogen-bond acceptors (Lipinski definition) is 2. The molecular weight excluding hydrogens is 220 g/mol. The number of aryl methyl sites for hydroxylation is 1. The average Bonchev–Trinajstić information content (AvgIpc) is 2.77. The maximum Gasteiger partial charge on any atom is 0.0431 e. The van der Waals surface area contributed by atoms with E-state index in [-0.39, 0.29) is 0 Å². The summed E-state index contributed by atoms with van der Waals surface area (Å²) >= 11 is 0. The van der Waals surface area contributed by atoms with E-state index in [1.54, 1.807) is 0 Å². The van der Waals surface area contributed by atoms with Crippen molar-refractivity contribution in [1.82, 2.24) is 5.32 Å². The molecular formula is C16H26N2. The van der Waals surface area contributed by atoms with Gasteiger partial charge in [0.25, 0.3) is 0 Å². The first kappa shape index (κ1) is 13.4. The predicted molar refractivity (Wildman–Crippen MR) is 79.6 cm³/mol. The lowest BCUT2D eigenvalue weighted by atomic mass is 9.97. The van der Waals surface area contributed by atoms with Crippen molar-refractivity contribution in [3.05, 3.63) is 29.3 Å². The summed E-state index contributed by atoms with van der Waals surface area (Å²) in [6, 6.07) is 7.37. The van der Waals surface area contributed by atoms with Crippen LogP contribution in [0, 0.1) is 6.92 Å². The van der Waals surface area contributed by atoms with E-state index in [9.17, 15) is 0 Å². The van der Waals surface area contributed by atoms with Crippen molar-refractivity contribution in [3.8, 4) is 0 Å². The van der Waals surface area contributed by atoms with Crippen LogP contribution in [0.5, 0.6) is 0 Å². The lowest BCUT2D eigenvalue weighted by molar-refractivity contribution is 0.571. The highest BCUT2D eigenvalue weighted by atomic mass is 15.2. The molecule has 2 heteroatoms. The third-order valence-corrected chi connectivity index (χ3v) is 3.89. The van der Waals surface area contributed by atoms with Crippen LogP contribution in [0.4, 0.5) is 5.69 Å². The van der Waals surface area contributed by atoms with Gasteiger partial charge in [0.2, 0.25) is 0 Å². The summed E-state index contributed by atoms with van der Waals surface area (Å²) in [7, 11) is 0. The number of rotatable bonds is 4. The highest BCUT2D eigenvalue weighted by molar-refractivity contribution is 5.61. The van der Waals surface area contributed by atoms with Crippen molar-refractivity contribution in [2.75, 3.05) is 24.5 Å². The minimum absolute atomic E-state index is 0.595. The summed E-state index contributed by atoms with van der Waals surface area (Å²) in [5.41, 5.74) is 4.39. The molecule has 1 unspecified atom stereocenters. The van der Waals surface area contributed by atoms with Gasteiger partial charge in [0, 0.05) is 24.8 Å². The van der Waals surface area contributed by atoms with E-state index in [2.05, 4.69) is 56.1 Å². The molecule has 1 aliphatic rings. The minimum Gasteiger partial charge on any atom is -0.369 e. The molecule has 1 N–H and O–H groups in total. The highest BCUT2D eigenvalue weighted by Gasteiger charge is 2.24. The first-order chi connectivity index (χ1) is 8.63. The van der Waals surface area contributed by atoms with Crippen LogP contribution in [0.2, 0.25) is 0 Å². The van der Waals surface area contributed by atoms with Gasteiger partial charge < -0.3 is 10.2 Å². The normalized spacial score (nSPS) is 19.8. The number of anilines is 1. The molecule has 1 heterocycles. The summed E-state index contributed by atoms with van der Waals surface area (Å²) in [6.45, 7) is 12.4. The standard InChI is InChI=1S/C16H26N2/c1-5-17-14-9-10-18(11-14)16-13(4)7-6-8-15(16)12(2)3/h6-8,12,14,17H,5,9-11H2,1-4H3. The third kappa shape index (κ3) is 2.69. The average molecular weight is 246 g/mol. The Morgan fingerprint density at radius 2 is 2.17 bits per heavy atom. The Labute approximate surface area is 111 Å². The molecule has 0 bridgehead atoms. The van der Waals surface area contributed by atoms with Crippen molar-refractivity contribution >= 4 is 5.69 Å². The van der Waals surface area contributed by atoms with E-state index < -0.39 is 0 Å². The predicted octanol–water partition coefficient (Wildman–Crippen LogP) is 3.31. The van der Waals surface area contributed by atoms with Crippen LogP contribution in [0.1, 0.15) is 44.2 Å². The highest BCUT2D eigenvalue weighted by Crippen LogP contribution is 2.32. The molecule has 1 aliphatic heterocycles.